The molecule has 0 atom stereocenters. The Hall–Kier alpha value is -2.23. The number of benzene rings is 1. The second kappa shape index (κ2) is 10.4. The topological polar surface area (TPSA) is 52.1 Å². The Morgan fingerprint density at radius 3 is 2.29 bits per heavy atom. The van der Waals surface area contributed by atoms with E-state index in [0.717, 1.165) is 11.5 Å². The Labute approximate surface area is 168 Å². The molecule has 3 rings (SSSR count). The molecule has 0 aliphatic heterocycles. The standard InChI is InChI=1S/C24H32N2O2/c1-3-5-6-7-18-8-10-19(11-9-18)20-12-14-21(15-13-20)24-25-16-22(17-26-24)28-23(27)4-2/h12-19H,3-11H2,1-2H3. The predicted molar refractivity (Wildman–Crippen MR) is 112 cm³/mol. The van der Waals surface area contributed by atoms with E-state index in [2.05, 4.69) is 41.2 Å². The number of esters is 1. The van der Waals surface area contributed by atoms with Gasteiger partial charge in [0, 0.05) is 12.0 Å². The van der Waals surface area contributed by atoms with E-state index in [-0.39, 0.29) is 5.97 Å². The van der Waals surface area contributed by atoms with Gasteiger partial charge in [-0.3, -0.25) is 4.79 Å². The van der Waals surface area contributed by atoms with Crippen LogP contribution in [-0.2, 0) is 4.79 Å². The zero-order valence-corrected chi connectivity index (χ0v) is 17.2. The molecule has 1 aromatic heterocycles. The molecule has 0 radical (unpaired) electrons. The summed E-state index contributed by atoms with van der Waals surface area (Å²) in [4.78, 5) is 20.0. The molecule has 1 aromatic carbocycles. The van der Waals surface area contributed by atoms with Gasteiger partial charge in [-0.2, -0.15) is 0 Å². The number of ether oxygens (including phenoxy) is 1. The van der Waals surface area contributed by atoms with Crippen LogP contribution in [0.2, 0.25) is 0 Å². The average Bonchev–Trinajstić information content (AvgIpc) is 2.75. The van der Waals surface area contributed by atoms with Crippen LogP contribution in [0.5, 0.6) is 5.75 Å². The highest BCUT2D eigenvalue weighted by molar-refractivity contribution is 5.71. The van der Waals surface area contributed by atoms with Gasteiger partial charge in [-0.15, -0.1) is 0 Å². The van der Waals surface area contributed by atoms with Gasteiger partial charge in [0.05, 0.1) is 12.4 Å². The monoisotopic (exact) mass is 380 g/mol. The maximum absolute atomic E-state index is 11.3. The lowest BCUT2D eigenvalue weighted by Crippen LogP contribution is -2.13. The Bertz CT molecular complexity index is 732. The number of rotatable bonds is 8. The van der Waals surface area contributed by atoms with Crippen LogP contribution in [-0.4, -0.2) is 15.9 Å². The van der Waals surface area contributed by atoms with Gasteiger partial charge in [0.1, 0.15) is 0 Å². The quantitative estimate of drug-likeness (QED) is 0.397. The molecule has 28 heavy (non-hydrogen) atoms. The summed E-state index contributed by atoms with van der Waals surface area (Å²) < 4.78 is 5.13. The van der Waals surface area contributed by atoms with E-state index in [1.54, 1.807) is 19.3 Å². The Balaban J connectivity index is 1.54. The van der Waals surface area contributed by atoms with E-state index < -0.39 is 0 Å². The Kier molecular flexibility index (Phi) is 7.58. The Morgan fingerprint density at radius 2 is 1.68 bits per heavy atom. The predicted octanol–water partition coefficient (Wildman–Crippen LogP) is 6.31. The van der Waals surface area contributed by atoms with Crippen LogP contribution >= 0.6 is 0 Å². The number of carbonyl (C=O) groups is 1. The van der Waals surface area contributed by atoms with Gasteiger partial charge in [-0.05, 0) is 43.1 Å². The molecule has 1 aliphatic rings. The Morgan fingerprint density at radius 1 is 1.00 bits per heavy atom. The van der Waals surface area contributed by atoms with Crippen LogP contribution in [0.1, 0.15) is 83.1 Å². The average molecular weight is 381 g/mol. The van der Waals surface area contributed by atoms with Crippen molar-refractivity contribution >= 4 is 5.97 Å². The number of hydrogen-bond donors (Lipinski definition) is 0. The fourth-order valence-corrected chi connectivity index (χ4v) is 4.09. The second-order valence-electron chi connectivity index (χ2n) is 7.91. The molecule has 0 amide bonds. The highest BCUT2D eigenvalue weighted by Crippen LogP contribution is 2.38. The molecule has 1 saturated carbocycles. The van der Waals surface area contributed by atoms with Crippen LogP contribution in [0, 0.1) is 5.92 Å². The maximum Gasteiger partial charge on any atom is 0.311 e. The molecular weight excluding hydrogens is 348 g/mol. The molecule has 0 bridgehead atoms. The van der Waals surface area contributed by atoms with Crippen LogP contribution in [0.25, 0.3) is 11.4 Å². The summed E-state index contributed by atoms with van der Waals surface area (Å²) in [5.41, 5.74) is 2.43. The maximum atomic E-state index is 11.3. The lowest BCUT2D eigenvalue weighted by atomic mass is 9.77. The number of hydrogen-bond acceptors (Lipinski definition) is 4. The molecule has 4 heteroatoms. The fraction of sp³-hybridized carbons (Fsp3) is 0.542. The summed E-state index contributed by atoms with van der Waals surface area (Å²) >= 11 is 0. The molecule has 1 heterocycles. The normalized spacial score (nSPS) is 19.4. The largest absolute Gasteiger partial charge is 0.423 e. The second-order valence-corrected chi connectivity index (χ2v) is 7.91. The van der Waals surface area contributed by atoms with Gasteiger partial charge < -0.3 is 4.74 Å². The first kappa shape index (κ1) is 20.5. The highest BCUT2D eigenvalue weighted by Gasteiger charge is 2.22. The van der Waals surface area contributed by atoms with E-state index in [1.807, 2.05) is 0 Å². The summed E-state index contributed by atoms with van der Waals surface area (Å²) in [6, 6.07) is 8.67. The summed E-state index contributed by atoms with van der Waals surface area (Å²) in [5, 5.41) is 0. The molecule has 4 nitrogen and oxygen atoms in total. The van der Waals surface area contributed by atoms with Crippen molar-refractivity contribution in [1.82, 2.24) is 9.97 Å². The minimum Gasteiger partial charge on any atom is -0.423 e. The summed E-state index contributed by atoms with van der Waals surface area (Å²) in [6.45, 7) is 4.04. The van der Waals surface area contributed by atoms with Gasteiger partial charge in [-0.1, -0.05) is 63.8 Å². The minimum absolute atomic E-state index is 0.277. The SMILES string of the molecule is CCCCCC1CCC(c2ccc(-c3ncc(OC(=O)CC)cn3)cc2)CC1. The lowest BCUT2D eigenvalue weighted by Gasteiger charge is -2.29. The van der Waals surface area contributed by atoms with E-state index in [0.29, 0.717) is 23.9 Å². The third kappa shape index (κ3) is 5.63. The van der Waals surface area contributed by atoms with Crippen LogP contribution < -0.4 is 4.74 Å². The summed E-state index contributed by atoms with van der Waals surface area (Å²) in [5.74, 6) is 2.40. The molecule has 0 spiro atoms. The molecule has 1 fully saturated rings. The van der Waals surface area contributed by atoms with Gasteiger partial charge in [0.15, 0.2) is 11.6 Å². The highest BCUT2D eigenvalue weighted by atomic mass is 16.5. The lowest BCUT2D eigenvalue weighted by molar-refractivity contribution is -0.134. The third-order valence-corrected chi connectivity index (χ3v) is 5.85. The van der Waals surface area contributed by atoms with Crippen LogP contribution in [0.15, 0.2) is 36.7 Å². The molecule has 0 N–H and O–H groups in total. The van der Waals surface area contributed by atoms with Crippen LogP contribution in [0.3, 0.4) is 0 Å². The summed E-state index contributed by atoms with van der Waals surface area (Å²) in [6.07, 6.45) is 14.3. The first-order chi connectivity index (χ1) is 13.7. The van der Waals surface area contributed by atoms with E-state index >= 15 is 0 Å². The number of unbranched alkanes of at least 4 members (excludes halogenated alkanes) is 2. The molecule has 0 unspecified atom stereocenters. The van der Waals surface area contributed by atoms with Crippen molar-refractivity contribution < 1.29 is 9.53 Å². The van der Waals surface area contributed by atoms with Crippen LogP contribution in [0.4, 0.5) is 0 Å². The molecule has 2 aromatic rings. The van der Waals surface area contributed by atoms with Crippen molar-refractivity contribution in [1.29, 1.82) is 0 Å². The number of nitrogens with zero attached hydrogens (tertiary/aromatic N) is 2. The minimum atomic E-state index is -0.277. The van der Waals surface area contributed by atoms with E-state index in [1.165, 1.54) is 56.9 Å². The van der Waals surface area contributed by atoms with Crippen molar-refractivity contribution in [2.24, 2.45) is 5.92 Å². The van der Waals surface area contributed by atoms with Gasteiger partial charge in [0.2, 0.25) is 0 Å². The number of aromatic nitrogens is 2. The van der Waals surface area contributed by atoms with Crippen molar-refractivity contribution in [2.45, 2.75) is 77.6 Å². The molecule has 150 valence electrons. The van der Waals surface area contributed by atoms with Crippen molar-refractivity contribution in [3.63, 3.8) is 0 Å². The first-order valence-corrected chi connectivity index (χ1v) is 10.8. The summed E-state index contributed by atoms with van der Waals surface area (Å²) in [7, 11) is 0. The van der Waals surface area contributed by atoms with E-state index in [9.17, 15) is 4.79 Å². The van der Waals surface area contributed by atoms with Crippen molar-refractivity contribution in [3.05, 3.63) is 42.2 Å². The zero-order valence-electron chi connectivity index (χ0n) is 17.2. The van der Waals surface area contributed by atoms with Gasteiger partial charge in [-0.25, -0.2) is 9.97 Å². The van der Waals surface area contributed by atoms with Gasteiger partial charge in [0.25, 0.3) is 0 Å². The number of carbonyl (C=O) groups excluding carboxylic acids is 1. The third-order valence-electron chi connectivity index (χ3n) is 5.85. The smallest absolute Gasteiger partial charge is 0.311 e. The van der Waals surface area contributed by atoms with E-state index in [4.69, 9.17) is 4.74 Å². The van der Waals surface area contributed by atoms with Crippen molar-refractivity contribution in [3.8, 4) is 17.1 Å². The van der Waals surface area contributed by atoms with Gasteiger partial charge >= 0.3 is 5.97 Å². The first-order valence-electron chi connectivity index (χ1n) is 10.8. The molecule has 1 aliphatic carbocycles. The molecular formula is C24H32N2O2. The molecule has 0 saturated heterocycles. The zero-order chi connectivity index (χ0) is 19.8. The fourth-order valence-electron chi connectivity index (χ4n) is 4.09. The van der Waals surface area contributed by atoms with Crippen molar-refractivity contribution in [2.75, 3.05) is 0 Å².